The van der Waals surface area contributed by atoms with E-state index in [0.29, 0.717) is 10.0 Å². The van der Waals surface area contributed by atoms with Crippen LogP contribution in [-0.2, 0) is 17.4 Å². The molecule has 1 atom stereocenters. The first-order valence-corrected chi connectivity index (χ1v) is 12.1. The van der Waals surface area contributed by atoms with Crippen LogP contribution in [0, 0.1) is 0 Å². The summed E-state index contributed by atoms with van der Waals surface area (Å²) in [5.74, 6) is -0.609. The number of urea groups is 1. The average Bonchev–Trinajstić information content (AvgIpc) is 3.33. The second-order valence-corrected chi connectivity index (χ2v) is 9.21. The zero-order chi connectivity index (χ0) is 26.4. The van der Waals surface area contributed by atoms with Crippen LogP contribution in [0.25, 0.3) is 10.6 Å². The highest BCUT2D eigenvalue weighted by molar-refractivity contribution is 7.18. The third-order valence-electron chi connectivity index (χ3n) is 5.13. The van der Waals surface area contributed by atoms with E-state index in [0.717, 1.165) is 34.6 Å². The van der Waals surface area contributed by atoms with Crippen LogP contribution in [0.2, 0.25) is 5.02 Å². The molecule has 190 valence electrons. The van der Waals surface area contributed by atoms with Gasteiger partial charge in [-0.1, -0.05) is 77.5 Å². The summed E-state index contributed by atoms with van der Waals surface area (Å²) in [4.78, 5) is 25.8. The monoisotopic (exact) mass is 545 g/mol. The molecule has 3 aromatic carbocycles. The summed E-state index contributed by atoms with van der Waals surface area (Å²) in [6.07, 6.45) is -4.58. The number of para-hydroxylation sites is 1. The van der Waals surface area contributed by atoms with Crippen molar-refractivity contribution in [3.8, 4) is 10.6 Å². The van der Waals surface area contributed by atoms with Crippen molar-refractivity contribution in [3.05, 3.63) is 95.0 Å². The molecule has 7 nitrogen and oxygen atoms in total. The van der Waals surface area contributed by atoms with Gasteiger partial charge in [0.15, 0.2) is 0 Å². The number of alkyl halides is 3. The molecule has 0 unspecified atom stereocenters. The Bertz CT molecular complexity index is 1380. The Morgan fingerprint density at radius 2 is 1.57 bits per heavy atom. The Kier molecular flexibility index (Phi) is 8.04. The highest BCUT2D eigenvalue weighted by atomic mass is 35.5. The summed E-state index contributed by atoms with van der Waals surface area (Å²) in [7, 11) is 0. The maximum atomic E-state index is 13.3. The summed E-state index contributed by atoms with van der Waals surface area (Å²) in [5, 5.41) is 16.6. The number of amides is 3. The van der Waals surface area contributed by atoms with Gasteiger partial charge in [0, 0.05) is 17.0 Å². The maximum Gasteiger partial charge on any atom is 0.418 e. The second-order valence-electron chi connectivity index (χ2n) is 7.79. The standard InChI is InChI=1S/C25H19ClF3N5O2S/c26-17-12-10-16(11-13-17)22-33-34-24(37-22)32-21(35)20(14-15-6-2-1-3-7-15)31-23(36)30-19-9-5-4-8-18(19)25(27,28)29/h1-13,20H,14H2,(H2,30,31,36)(H,32,34,35)/t20-/m0/s1. The molecule has 3 amide bonds. The largest absolute Gasteiger partial charge is 0.418 e. The summed E-state index contributed by atoms with van der Waals surface area (Å²) < 4.78 is 39.9. The maximum absolute atomic E-state index is 13.3. The van der Waals surface area contributed by atoms with Crippen molar-refractivity contribution in [2.75, 3.05) is 10.6 Å². The van der Waals surface area contributed by atoms with E-state index in [1.54, 1.807) is 54.6 Å². The molecule has 0 spiro atoms. The molecule has 12 heteroatoms. The first-order chi connectivity index (χ1) is 17.7. The van der Waals surface area contributed by atoms with E-state index >= 15 is 0 Å². The first-order valence-electron chi connectivity index (χ1n) is 10.9. The summed E-state index contributed by atoms with van der Waals surface area (Å²) in [6.45, 7) is 0. The molecule has 3 N–H and O–H groups in total. The van der Waals surface area contributed by atoms with Crippen molar-refractivity contribution in [2.45, 2.75) is 18.6 Å². The van der Waals surface area contributed by atoms with Crippen molar-refractivity contribution in [1.82, 2.24) is 15.5 Å². The molecule has 0 bridgehead atoms. The van der Waals surface area contributed by atoms with Gasteiger partial charge >= 0.3 is 12.2 Å². The molecule has 37 heavy (non-hydrogen) atoms. The van der Waals surface area contributed by atoms with Gasteiger partial charge < -0.3 is 10.6 Å². The third kappa shape index (κ3) is 7.05. The molecular formula is C25H19ClF3N5O2S. The highest BCUT2D eigenvalue weighted by Crippen LogP contribution is 2.34. The number of carbonyl (C=O) groups is 2. The van der Waals surface area contributed by atoms with Gasteiger partial charge in [0.1, 0.15) is 11.0 Å². The number of rotatable bonds is 7. The van der Waals surface area contributed by atoms with E-state index in [1.165, 1.54) is 12.1 Å². The van der Waals surface area contributed by atoms with Crippen molar-refractivity contribution < 1.29 is 22.8 Å². The van der Waals surface area contributed by atoms with Gasteiger partial charge in [-0.05, 0) is 29.8 Å². The lowest BCUT2D eigenvalue weighted by Crippen LogP contribution is -2.47. The van der Waals surface area contributed by atoms with Crippen LogP contribution < -0.4 is 16.0 Å². The summed E-state index contributed by atoms with van der Waals surface area (Å²) in [5.41, 5.74) is 0.0581. The first kappa shape index (κ1) is 26.1. The normalized spacial score (nSPS) is 12.0. The number of benzene rings is 3. The lowest BCUT2D eigenvalue weighted by molar-refractivity contribution is -0.137. The molecule has 1 aromatic heterocycles. The zero-order valence-corrected chi connectivity index (χ0v) is 20.5. The minimum absolute atomic E-state index is 0.0872. The van der Waals surface area contributed by atoms with Gasteiger partial charge in [0.05, 0.1) is 11.3 Å². The smallest absolute Gasteiger partial charge is 0.326 e. The fourth-order valence-electron chi connectivity index (χ4n) is 3.39. The van der Waals surface area contributed by atoms with Crippen LogP contribution in [0.3, 0.4) is 0 Å². The van der Waals surface area contributed by atoms with Crippen LogP contribution in [0.5, 0.6) is 0 Å². The van der Waals surface area contributed by atoms with Crippen LogP contribution in [-0.4, -0.2) is 28.2 Å². The molecule has 0 saturated carbocycles. The van der Waals surface area contributed by atoms with E-state index in [1.807, 2.05) is 0 Å². The van der Waals surface area contributed by atoms with Gasteiger partial charge in [0.2, 0.25) is 11.0 Å². The van der Waals surface area contributed by atoms with Crippen LogP contribution in [0.15, 0.2) is 78.9 Å². The van der Waals surface area contributed by atoms with Crippen molar-refractivity contribution in [3.63, 3.8) is 0 Å². The lowest BCUT2D eigenvalue weighted by Gasteiger charge is -2.19. The SMILES string of the molecule is O=C(Nc1ccccc1C(F)(F)F)N[C@@H](Cc1ccccc1)C(=O)Nc1nnc(-c2ccc(Cl)cc2)s1. The number of hydrogen-bond donors (Lipinski definition) is 3. The highest BCUT2D eigenvalue weighted by Gasteiger charge is 2.34. The molecule has 0 aliphatic carbocycles. The molecule has 0 saturated heterocycles. The Hall–Kier alpha value is -3.96. The molecule has 0 aliphatic rings. The Morgan fingerprint density at radius 1 is 0.892 bits per heavy atom. The van der Waals surface area contributed by atoms with Crippen molar-refractivity contribution in [1.29, 1.82) is 0 Å². The van der Waals surface area contributed by atoms with E-state index < -0.39 is 35.4 Å². The van der Waals surface area contributed by atoms with E-state index in [-0.39, 0.29) is 11.6 Å². The second kappa shape index (κ2) is 11.4. The minimum atomic E-state index is -4.66. The fourth-order valence-corrected chi connectivity index (χ4v) is 4.27. The number of carbonyl (C=O) groups excluding carboxylic acids is 2. The number of nitrogens with one attached hydrogen (secondary N) is 3. The average molecular weight is 546 g/mol. The van der Waals surface area contributed by atoms with E-state index in [9.17, 15) is 22.8 Å². The zero-order valence-electron chi connectivity index (χ0n) is 18.9. The van der Waals surface area contributed by atoms with Gasteiger partial charge in [-0.2, -0.15) is 13.2 Å². The van der Waals surface area contributed by atoms with Crippen LogP contribution >= 0.6 is 22.9 Å². The van der Waals surface area contributed by atoms with Gasteiger partial charge in [-0.15, -0.1) is 10.2 Å². The topological polar surface area (TPSA) is 96.0 Å². The van der Waals surface area contributed by atoms with Crippen LogP contribution in [0.4, 0.5) is 28.8 Å². The van der Waals surface area contributed by atoms with Crippen LogP contribution in [0.1, 0.15) is 11.1 Å². The molecule has 4 aromatic rings. The number of halogens is 4. The quantitative estimate of drug-likeness (QED) is 0.256. The summed E-state index contributed by atoms with van der Waals surface area (Å²) >= 11 is 7.03. The number of nitrogens with zero attached hydrogens (tertiary/aromatic N) is 2. The Balaban J connectivity index is 1.50. The third-order valence-corrected chi connectivity index (χ3v) is 6.27. The van der Waals surface area contributed by atoms with Crippen molar-refractivity contribution in [2.24, 2.45) is 0 Å². The molecule has 0 aliphatic heterocycles. The van der Waals surface area contributed by atoms with Crippen molar-refractivity contribution >= 4 is 45.7 Å². The molecule has 1 heterocycles. The predicted octanol–water partition coefficient (Wildman–Crippen LogP) is 6.25. The van der Waals surface area contributed by atoms with Gasteiger partial charge in [-0.25, -0.2) is 4.79 Å². The fraction of sp³-hybridized carbons (Fsp3) is 0.120. The molecule has 4 rings (SSSR count). The lowest BCUT2D eigenvalue weighted by atomic mass is 10.1. The molecule has 0 radical (unpaired) electrons. The Labute approximate surface area is 218 Å². The number of hydrogen-bond acceptors (Lipinski definition) is 5. The minimum Gasteiger partial charge on any atom is -0.326 e. The predicted molar refractivity (Wildman–Crippen MR) is 137 cm³/mol. The Morgan fingerprint density at radius 3 is 2.27 bits per heavy atom. The van der Waals surface area contributed by atoms with E-state index in [2.05, 4.69) is 26.1 Å². The molecular weight excluding hydrogens is 527 g/mol. The summed E-state index contributed by atoms with van der Waals surface area (Å²) in [6, 6.07) is 18.3. The molecule has 0 fully saturated rings. The number of anilines is 2. The van der Waals surface area contributed by atoms with E-state index in [4.69, 9.17) is 11.6 Å². The number of aromatic nitrogens is 2. The van der Waals surface area contributed by atoms with Gasteiger partial charge in [-0.3, -0.25) is 10.1 Å². The van der Waals surface area contributed by atoms with Gasteiger partial charge in [0.25, 0.3) is 0 Å².